The summed E-state index contributed by atoms with van der Waals surface area (Å²) in [5.41, 5.74) is 2.07. The maximum Gasteiger partial charge on any atom is 0.214 e. The Labute approximate surface area is 148 Å². The third-order valence-electron chi connectivity index (χ3n) is 3.54. The summed E-state index contributed by atoms with van der Waals surface area (Å²) in [6.07, 6.45) is -0.268. The summed E-state index contributed by atoms with van der Waals surface area (Å²) in [5, 5.41) is 0.237. The molecule has 1 unspecified atom stereocenters. The normalized spacial score (nSPS) is 13.0. The van der Waals surface area contributed by atoms with E-state index in [1.165, 1.54) is 0 Å². The summed E-state index contributed by atoms with van der Waals surface area (Å²) in [6.45, 7) is 5.34. The van der Waals surface area contributed by atoms with E-state index in [9.17, 15) is 8.42 Å². The minimum Gasteiger partial charge on any atom is -0.489 e. The van der Waals surface area contributed by atoms with Crippen LogP contribution in [0.2, 0.25) is 5.02 Å². The molecule has 0 aromatic heterocycles. The lowest BCUT2D eigenvalue weighted by Crippen LogP contribution is -2.37. The van der Waals surface area contributed by atoms with Crippen molar-refractivity contribution in [3.05, 3.63) is 53.6 Å². The van der Waals surface area contributed by atoms with Crippen molar-refractivity contribution in [2.75, 3.05) is 6.54 Å². The molecule has 2 rings (SSSR count). The Morgan fingerprint density at radius 2 is 1.71 bits per heavy atom. The van der Waals surface area contributed by atoms with Crippen LogP contribution in [0.5, 0.6) is 5.75 Å². The van der Waals surface area contributed by atoms with Gasteiger partial charge in [0, 0.05) is 11.6 Å². The highest BCUT2D eigenvalue weighted by Gasteiger charge is 2.16. The van der Waals surface area contributed by atoms with Crippen LogP contribution < -0.4 is 9.46 Å². The molecule has 0 radical (unpaired) electrons. The van der Waals surface area contributed by atoms with Gasteiger partial charge in [-0.3, -0.25) is 0 Å². The summed E-state index contributed by atoms with van der Waals surface area (Å²) in [5.74, 6) is 0.692. The number of nitrogens with one attached hydrogen (secondary N) is 1. The number of sulfonamides is 1. The molecule has 0 fully saturated rings. The SMILES string of the molecule is CC(CNS(=O)(=O)C(C)C)Oc1ccc(-c2cccc(Cl)c2)cc1. The minimum absolute atomic E-state index is 0.233. The van der Waals surface area contributed by atoms with E-state index < -0.39 is 15.3 Å². The molecular formula is C18H22ClNO3S. The maximum absolute atomic E-state index is 11.7. The molecule has 4 nitrogen and oxygen atoms in total. The van der Waals surface area contributed by atoms with E-state index in [1.54, 1.807) is 13.8 Å². The average molecular weight is 368 g/mol. The van der Waals surface area contributed by atoms with E-state index >= 15 is 0 Å². The number of hydrogen-bond acceptors (Lipinski definition) is 3. The minimum atomic E-state index is -3.27. The second-order valence-electron chi connectivity index (χ2n) is 5.91. The monoisotopic (exact) mass is 367 g/mol. The Hall–Kier alpha value is -1.56. The quantitative estimate of drug-likeness (QED) is 0.801. The number of ether oxygens (including phenoxy) is 1. The van der Waals surface area contributed by atoms with Crippen LogP contribution in [0.15, 0.2) is 48.5 Å². The predicted octanol–water partition coefficient (Wildman–Crippen LogP) is 4.10. The van der Waals surface area contributed by atoms with E-state index in [1.807, 2.05) is 55.5 Å². The second-order valence-corrected chi connectivity index (χ2v) is 8.66. The summed E-state index contributed by atoms with van der Waals surface area (Å²) in [7, 11) is -3.27. The predicted molar refractivity (Wildman–Crippen MR) is 99.0 cm³/mol. The van der Waals surface area contributed by atoms with E-state index in [0.29, 0.717) is 10.8 Å². The molecule has 0 amide bonds. The van der Waals surface area contributed by atoms with Crippen molar-refractivity contribution >= 4 is 21.6 Å². The third kappa shape index (κ3) is 5.23. The van der Waals surface area contributed by atoms with E-state index in [-0.39, 0.29) is 12.6 Å². The molecule has 0 bridgehead atoms. The van der Waals surface area contributed by atoms with Gasteiger partial charge in [0.15, 0.2) is 0 Å². The van der Waals surface area contributed by atoms with Gasteiger partial charge in [0.1, 0.15) is 11.9 Å². The Kier molecular flexibility index (Phi) is 6.27. The van der Waals surface area contributed by atoms with Crippen molar-refractivity contribution in [2.24, 2.45) is 0 Å². The molecule has 6 heteroatoms. The molecular weight excluding hydrogens is 346 g/mol. The first-order valence-electron chi connectivity index (χ1n) is 7.79. The third-order valence-corrected chi connectivity index (χ3v) is 5.59. The number of hydrogen-bond donors (Lipinski definition) is 1. The molecule has 0 aliphatic rings. The smallest absolute Gasteiger partial charge is 0.214 e. The van der Waals surface area contributed by atoms with Gasteiger partial charge >= 0.3 is 0 Å². The topological polar surface area (TPSA) is 55.4 Å². The molecule has 0 aliphatic heterocycles. The zero-order chi connectivity index (χ0) is 17.7. The Morgan fingerprint density at radius 3 is 2.29 bits per heavy atom. The van der Waals surface area contributed by atoms with E-state index in [2.05, 4.69) is 4.72 Å². The first-order chi connectivity index (χ1) is 11.3. The molecule has 0 spiro atoms. The lowest BCUT2D eigenvalue weighted by molar-refractivity contribution is 0.225. The fourth-order valence-corrected chi connectivity index (χ4v) is 3.06. The highest BCUT2D eigenvalue weighted by Crippen LogP contribution is 2.25. The first kappa shape index (κ1) is 18.8. The van der Waals surface area contributed by atoms with Crippen LogP contribution >= 0.6 is 11.6 Å². The Bertz CT molecular complexity index is 773. The fourth-order valence-electron chi connectivity index (χ4n) is 2.07. The number of halogens is 1. The van der Waals surface area contributed by atoms with Crippen molar-refractivity contribution < 1.29 is 13.2 Å². The van der Waals surface area contributed by atoms with Crippen molar-refractivity contribution in [3.63, 3.8) is 0 Å². The first-order valence-corrected chi connectivity index (χ1v) is 9.71. The van der Waals surface area contributed by atoms with Crippen LogP contribution in [0.25, 0.3) is 11.1 Å². The van der Waals surface area contributed by atoms with Gasteiger partial charge in [-0.2, -0.15) is 0 Å². The zero-order valence-electron chi connectivity index (χ0n) is 14.0. The molecule has 1 atom stereocenters. The van der Waals surface area contributed by atoms with E-state index in [4.69, 9.17) is 16.3 Å². The largest absolute Gasteiger partial charge is 0.489 e. The van der Waals surface area contributed by atoms with Crippen LogP contribution in [0, 0.1) is 0 Å². The Morgan fingerprint density at radius 1 is 1.04 bits per heavy atom. The van der Waals surface area contributed by atoms with Gasteiger partial charge in [0.25, 0.3) is 0 Å². The maximum atomic E-state index is 11.7. The van der Waals surface area contributed by atoms with Crippen molar-refractivity contribution in [3.8, 4) is 16.9 Å². The van der Waals surface area contributed by atoms with Crippen molar-refractivity contribution in [1.82, 2.24) is 4.72 Å². The molecule has 0 saturated carbocycles. The summed E-state index contributed by atoms with van der Waals surface area (Å²) < 4.78 is 31.8. The van der Waals surface area contributed by atoms with Crippen LogP contribution in [-0.4, -0.2) is 26.3 Å². The van der Waals surface area contributed by atoms with Crippen LogP contribution in [0.4, 0.5) is 0 Å². The highest BCUT2D eigenvalue weighted by atomic mass is 35.5. The lowest BCUT2D eigenvalue weighted by atomic mass is 10.1. The van der Waals surface area contributed by atoms with Crippen molar-refractivity contribution in [1.29, 1.82) is 0 Å². The van der Waals surface area contributed by atoms with Gasteiger partial charge < -0.3 is 4.74 Å². The standard InChI is InChI=1S/C18H22ClNO3S/c1-13(2)24(21,22)20-12-14(3)23-18-9-7-15(8-10-18)16-5-4-6-17(19)11-16/h4-11,13-14,20H,12H2,1-3H3. The number of benzene rings is 2. The summed E-state index contributed by atoms with van der Waals surface area (Å²) in [4.78, 5) is 0. The average Bonchev–Trinajstić information content (AvgIpc) is 2.53. The fraction of sp³-hybridized carbons (Fsp3) is 0.333. The van der Waals surface area contributed by atoms with Gasteiger partial charge in [-0.1, -0.05) is 35.9 Å². The second kappa shape index (κ2) is 8.01. The molecule has 0 heterocycles. The molecule has 0 aliphatic carbocycles. The highest BCUT2D eigenvalue weighted by molar-refractivity contribution is 7.90. The van der Waals surface area contributed by atoms with E-state index in [0.717, 1.165) is 11.1 Å². The van der Waals surface area contributed by atoms with Gasteiger partial charge in [0.05, 0.1) is 5.25 Å². The van der Waals surface area contributed by atoms with Crippen LogP contribution in [0.1, 0.15) is 20.8 Å². The summed E-state index contributed by atoms with van der Waals surface area (Å²) >= 11 is 6.01. The molecule has 2 aromatic rings. The van der Waals surface area contributed by atoms with Crippen LogP contribution in [0.3, 0.4) is 0 Å². The Balaban J connectivity index is 1.96. The molecule has 1 N–H and O–H groups in total. The van der Waals surface area contributed by atoms with Crippen LogP contribution in [-0.2, 0) is 10.0 Å². The van der Waals surface area contributed by atoms with Gasteiger partial charge in [-0.05, 0) is 56.2 Å². The zero-order valence-corrected chi connectivity index (χ0v) is 15.6. The molecule has 0 saturated heterocycles. The number of rotatable bonds is 7. The van der Waals surface area contributed by atoms with Gasteiger partial charge in [-0.15, -0.1) is 0 Å². The lowest BCUT2D eigenvalue weighted by Gasteiger charge is -2.17. The molecule has 130 valence electrons. The van der Waals surface area contributed by atoms with Gasteiger partial charge in [0.2, 0.25) is 10.0 Å². The summed E-state index contributed by atoms with van der Waals surface area (Å²) in [6, 6.07) is 15.3. The molecule has 2 aromatic carbocycles. The van der Waals surface area contributed by atoms with Gasteiger partial charge in [-0.25, -0.2) is 13.1 Å². The molecule has 24 heavy (non-hydrogen) atoms. The van der Waals surface area contributed by atoms with Crippen molar-refractivity contribution in [2.45, 2.75) is 32.1 Å².